The van der Waals surface area contributed by atoms with Gasteiger partial charge >= 0.3 is 0 Å². The van der Waals surface area contributed by atoms with Crippen LogP contribution < -0.4 is 15.4 Å². The van der Waals surface area contributed by atoms with Crippen molar-refractivity contribution in [2.24, 2.45) is 4.99 Å². The SMILES string of the molecule is CCNC(=NCC(O)c1cccc(OC)c1)NC1CCN(C(C)C)CC1.I. The number of rotatable bonds is 7. The Balaban J connectivity index is 0.00000364. The second-order valence-corrected chi connectivity index (χ2v) is 7.06. The van der Waals surface area contributed by atoms with Crippen molar-refractivity contribution in [1.82, 2.24) is 15.5 Å². The van der Waals surface area contributed by atoms with E-state index in [1.807, 2.05) is 24.3 Å². The molecule has 1 heterocycles. The van der Waals surface area contributed by atoms with Gasteiger partial charge in [0.15, 0.2) is 5.96 Å². The van der Waals surface area contributed by atoms with E-state index in [9.17, 15) is 5.11 Å². The van der Waals surface area contributed by atoms with Crippen LogP contribution in [0.4, 0.5) is 0 Å². The maximum absolute atomic E-state index is 10.4. The third-order valence-electron chi connectivity index (χ3n) is 4.85. The Hall–Kier alpha value is -1.06. The van der Waals surface area contributed by atoms with Gasteiger partial charge in [-0.25, -0.2) is 0 Å². The molecule has 3 N–H and O–H groups in total. The minimum absolute atomic E-state index is 0. The van der Waals surface area contributed by atoms with Crippen molar-refractivity contribution in [2.75, 3.05) is 33.3 Å². The standard InChI is InChI=1S/C20H34N4O2.HI/c1-5-21-20(23-17-9-11-24(12-10-17)15(2)3)22-14-19(25)16-7-6-8-18(13-16)26-4;/h6-8,13,15,17,19,25H,5,9-12,14H2,1-4H3,(H2,21,22,23);1H. The first-order valence-electron chi connectivity index (χ1n) is 9.64. The van der Waals surface area contributed by atoms with Gasteiger partial charge in [-0.05, 0) is 51.3 Å². The predicted octanol–water partition coefficient (Wildman–Crippen LogP) is 2.77. The van der Waals surface area contributed by atoms with E-state index in [4.69, 9.17) is 4.74 Å². The highest BCUT2D eigenvalue weighted by molar-refractivity contribution is 14.0. The largest absolute Gasteiger partial charge is 0.497 e. The highest BCUT2D eigenvalue weighted by Gasteiger charge is 2.21. The minimum Gasteiger partial charge on any atom is -0.497 e. The Labute approximate surface area is 180 Å². The zero-order chi connectivity index (χ0) is 18.9. The lowest BCUT2D eigenvalue weighted by molar-refractivity contribution is 0.167. The van der Waals surface area contributed by atoms with Crippen molar-refractivity contribution in [2.45, 2.75) is 51.8 Å². The van der Waals surface area contributed by atoms with E-state index in [1.54, 1.807) is 7.11 Å². The van der Waals surface area contributed by atoms with Gasteiger partial charge in [0, 0.05) is 31.7 Å². The summed E-state index contributed by atoms with van der Waals surface area (Å²) in [6, 6.07) is 8.53. The summed E-state index contributed by atoms with van der Waals surface area (Å²) in [5.41, 5.74) is 0.814. The maximum Gasteiger partial charge on any atom is 0.191 e. The van der Waals surface area contributed by atoms with Gasteiger partial charge in [-0.15, -0.1) is 24.0 Å². The summed E-state index contributed by atoms with van der Waals surface area (Å²) in [5, 5.41) is 17.2. The first-order valence-corrected chi connectivity index (χ1v) is 9.64. The number of aliphatic hydroxyl groups is 1. The molecule has 0 radical (unpaired) electrons. The van der Waals surface area contributed by atoms with E-state index in [1.165, 1.54) is 0 Å². The Kier molecular flexibility index (Phi) is 11.0. The highest BCUT2D eigenvalue weighted by Crippen LogP contribution is 2.19. The Morgan fingerprint density at radius 1 is 1.33 bits per heavy atom. The van der Waals surface area contributed by atoms with Crippen LogP contribution in [-0.2, 0) is 0 Å². The molecule has 1 aliphatic heterocycles. The molecule has 6 nitrogen and oxygen atoms in total. The lowest BCUT2D eigenvalue weighted by Gasteiger charge is -2.35. The molecule has 1 aromatic carbocycles. The minimum atomic E-state index is -0.650. The van der Waals surface area contributed by atoms with Gasteiger partial charge in [-0.3, -0.25) is 4.99 Å². The number of guanidine groups is 1. The summed E-state index contributed by atoms with van der Waals surface area (Å²) in [5.74, 6) is 1.52. The summed E-state index contributed by atoms with van der Waals surface area (Å²) < 4.78 is 5.22. The normalized spacial score (nSPS) is 17.3. The van der Waals surface area contributed by atoms with Gasteiger partial charge in [0.05, 0.1) is 19.8 Å². The van der Waals surface area contributed by atoms with Crippen LogP contribution in [-0.4, -0.2) is 61.3 Å². The van der Waals surface area contributed by atoms with Gasteiger partial charge in [-0.1, -0.05) is 12.1 Å². The number of piperidine rings is 1. The summed E-state index contributed by atoms with van der Waals surface area (Å²) in [4.78, 5) is 7.09. The first-order chi connectivity index (χ1) is 12.5. The number of benzene rings is 1. The van der Waals surface area contributed by atoms with Crippen LogP contribution in [0, 0.1) is 0 Å². The fraction of sp³-hybridized carbons (Fsp3) is 0.650. The van der Waals surface area contributed by atoms with Gasteiger partial charge in [0.1, 0.15) is 5.75 Å². The number of hydrogen-bond acceptors (Lipinski definition) is 4. The number of hydrogen-bond donors (Lipinski definition) is 3. The number of methoxy groups -OCH3 is 1. The van der Waals surface area contributed by atoms with Crippen molar-refractivity contribution in [3.8, 4) is 5.75 Å². The summed E-state index contributed by atoms with van der Waals surface area (Å²) in [6.07, 6.45) is 1.57. The lowest BCUT2D eigenvalue weighted by atomic mass is 10.0. The summed E-state index contributed by atoms with van der Waals surface area (Å²) >= 11 is 0. The van der Waals surface area contributed by atoms with E-state index < -0.39 is 6.10 Å². The Morgan fingerprint density at radius 2 is 2.04 bits per heavy atom. The predicted molar refractivity (Wildman–Crippen MR) is 122 cm³/mol. The molecular weight excluding hydrogens is 455 g/mol. The highest BCUT2D eigenvalue weighted by atomic mass is 127. The maximum atomic E-state index is 10.4. The molecule has 154 valence electrons. The molecule has 0 aromatic heterocycles. The topological polar surface area (TPSA) is 69.1 Å². The third kappa shape index (κ3) is 7.83. The molecule has 2 rings (SSSR count). The van der Waals surface area contributed by atoms with E-state index in [0.717, 1.165) is 49.7 Å². The molecule has 1 atom stereocenters. The van der Waals surface area contributed by atoms with Crippen molar-refractivity contribution < 1.29 is 9.84 Å². The average Bonchev–Trinajstić information content (AvgIpc) is 2.66. The monoisotopic (exact) mass is 490 g/mol. The molecule has 0 aliphatic carbocycles. The number of nitrogens with one attached hydrogen (secondary N) is 2. The Bertz CT molecular complexity index is 575. The molecule has 0 amide bonds. The summed E-state index contributed by atoms with van der Waals surface area (Å²) in [7, 11) is 1.63. The quantitative estimate of drug-likeness (QED) is 0.312. The average molecular weight is 490 g/mol. The van der Waals surface area contributed by atoms with Crippen LogP contribution in [0.1, 0.15) is 45.3 Å². The molecule has 1 unspecified atom stereocenters. The molecule has 1 fully saturated rings. The third-order valence-corrected chi connectivity index (χ3v) is 4.85. The second-order valence-electron chi connectivity index (χ2n) is 7.06. The van der Waals surface area contributed by atoms with Crippen LogP contribution in [0.2, 0.25) is 0 Å². The van der Waals surface area contributed by atoms with E-state index in [2.05, 4.69) is 41.3 Å². The van der Waals surface area contributed by atoms with E-state index in [0.29, 0.717) is 18.6 Å². The van der Waals surface area contributed by atoms with Crippen molar-refractivity contribution in [3.63, 3.8) is 0 Å². The smallest absolute Gasteiger partial charge is 0.191 e. The van der Waals surface area contributed by atoms with Crippen molar-refractivity contribution >= 4 is 29.9 Å². The number of ether oxygens (including phenoxy) is 1. The van der Waals surface area contributed by atoms with Crippen LogP contribution in [0.3, 0.4) is 0 Å². The number of likely N-dealkylation sites (tertiary alicyclic amines) is 1. The van der Waals surface area contributed by atoms with Gasteiger partial charge in [0.2, 0.25) is 0 Å². The molecule has 1 saturated heterocycles. The number of halogens is 1. The zero-order valence-electron chi connectivity index (χ0n) is 16.9. The Morgan fingerprint density at radius 3 is 2.63 bits per heavy atom. The summed E-state index contributed by atoms with van der Waals surface area (Å²) in [6.45, 7) is 9.89. The van der Waals surface area contributed by atoms with Crippen LogP contribution in [0.15, 0.2) is 29.3 Å². The van der Waals surface area contributed by atoms with Gasteiger partial charge < -0.3 is 25.4 Å². The van der Waals surface area contributed by atoms with E-state index >= 15 is 0 Å². The van der Waals surface area contributed by atoms with Crippen LogP contribution in [0.25, 0.3) is 0 Å². The zero-order valence-corrected chi connectivity index (χ0v) is 19.3. The van der Waals surface area contributed by atoms with Crippen LogP contribution in [0.5, 0.6) is 5.75 Å². The molecule has 1 aliphatic rings. The molecule has 7 heteroatoms. The van der Waals surface area contributed by atoms with Crippen LogP contribution >= 0.6 is 24.0 Å². The number of nitrogens with zero attached hydrogens (tertiary/aromatic N) is 2. The second kappa shape index (κ2) is 12.4. The fourth-order valence-electron chi connectivity index (χ4n) is 3.21. The molecule has 0 bridgehead atoms. The molecular formula is C20H35IN4O2. The molecule has 1 aromatic rings. The number of aliphatic hydroxyl groups excluding tert-OH is 1. The van der Waals surface area contributed by atoms with Gasteiger partial charge in [0.25, 0.3) is 0 Å². The molecule has 0 saturated carbocycles. The van der Waals surface area contributed by atoms with Gasteiger partial charge in [-0.2, -0.15) is 0 Å². The molecule has 0 spiro atoms. The first kappa shape index (κ1) is 24.0. The van der Waals surface area contributed by atoms with Crippen molar-refractivity contribution in [3.05, 3.63) is 29.8 Å². The van der Waals surface area contributed by atoms with Crippen molar-refractivity contribution in [1.29, 1.82) is 0 Å². The fourth-order valence-corrected chi connectivity index (χ4v) is 3.21. The molecule has 27 heavy (non-hydrogen) atoms. The lowest BCUT2D eigenvalue weighted by Crippen LogP contribution is -2.50. The van der Waals surface area contributed by atoms with E-state index in [-0.39, 0.29) is 24.0 Å². The number of aliphatic imine (C=N–C) groups is 1.